The summed E-state index contributed by atoms with van der Waals surface area (Å²) in [6.45, 7) is 7.47. The van der Waals surface area contributed by atoms with Gasteiger partial charge in [-0.1, -0.05) is 19.8 Å². The second-order valence-electron chi connectivity index (χ2n) is 6.20. The van der Waals surface area contributed by atoms with Gasteiger partial charge in [-0.2, -0.15) is 12.6 Å². The van der Waals surface area contributed by atoms with Crippen LogP contribution in [-0.4, -0.2) is 29.8 Å². The van der Waals surface area contributed by atoms with Crippen molar-refractivity contribution in [3.63, 3.8) is 0 Å². The third-order valence-corrected chi connectivity index (χ3v) is 5.71. The normalized spacial score (nSPS) is 35.4. The van der Waals surface area contributed by atoms with Crippen molar-refractivity contribution in [3.05, 3.63) is 0 Å². The van der Waals surface area contributed by atoms with Crippen LogP contribution in [0, 0.1) is 11.3 Å². The Balaban J connectivity index is 1.96. The first kappa shape index (κ1) is 12.8. The Morgan fingerprint density at radius 2 is 1.88 bits per heavy atom. The van der Waals surface area contributed by atoms with E-state index in [2.05, 4.69) is 31.4 Å². The Bertz CT molecular complexity index is 223. The number of rotatable bonds is 3. The molecule has 2 aliphatic rings. The molecule has 1 aliphatic carbocycles. The molecule has 2 heteroatoms. The summed E-state index contributed by atoms with van der Waals surface area (Å²) in [5, 5.41) is 0. The van der Waals surface area contributed by atoms with Crippen molar-refractivity contribution in [3.8, 4) is 0 Å². The molecule has 1 aliphatic heterocycles. The second kappa shape index (κ2) is 5.30. The van der Waals surface area contributed by atoms with Crippen molar-refractivity contribution in [2.45, 2.75) is 58.4 Å². The zero-order chi connectivity index (χ0) is 11.6. The Morgan fingerprint density at radius 3 is 2.50 bits per heavy atom. The molecule has 1 saturated heterocycles. The summed E-state index contributed by atoms with van der Waals surface area (Å²) in [7, 11) is 0. The van der Waals surface area contributed by atoms with Gasteiger partial charge in [-0.3, -0.25) is 4.90 Å². The molecular formula is C14H27NS. The Labute approximate surface area is 106 Å². The van der Waals surface area contributed by atoms with Gasteiger partial charge in [0.1, 0.15) is 0 Å². The molecule has 1 saturated carbocycles. The van der Waals surface area contributed by atoms with Gasteiger partial charge in [-0.15, -0.1) is 0 Å². The lowest BCUT2D eigenvalue weighted by Crippen LogP contribution is -2.47. The molecule has 94 valence electrons. The van der Waals surface area contributed by atoms with E-state index in [-0.39, 0.29) is 0 Å². The minimum Gasteiger partial charge on any atom is -0.300 e. The molecule has 0 aromatic rings. The maximum absolute atomic E-state index is 4.63. The molecule has 2 rings (SSSR count). The van der Waals surface area contributed by atoms with Gasteiger partial charge in [-0.25, -0.2) is 0 Å². The minimum atomic E-state index is 0.550. The lowest BCUT2D eigenvalue weighted by Gasteiger charge is -2.43. The van der Waals surface area contributed by atoms with Crippen molar-refractivity contribution < 1.29 is 0 Å². The van der Waals surface area contributed by atoms with Gasteiger partial charge in [0.25, 0.3) is 0 Å². The van der Waals surface area contributed by atoms with E-state index in [1.54, 1.807) is 0 Å². The summed E-state index contributed by atoms with van der Waals surface area (Å²) in [6.07, 6.45) is 8.50. The molecule has 0 bridgehead atoms. The van der Waals surface area contributed by atoms with E-state index >= 15 is 0 Å². The third kappa shape index (κ3) is 2.59. The van der Waals surface area contributed by atoms with Crippen molar-refractivity contribution in [1.29, 1.82) is 0 Å². The predicted molar refractivity (Wildman–Crippen MR) is 74.2 cm³/mol. The maximum Gasteiger partial charge on any atom is 0.00928 e. The highest BCUT2D eigenvalue weighted by Crippen LogP contribution is 2.41. The van der Waals surface area contributed by atoms with Crippen LogP contribution >= 0.6 is 12.6 Å². The van der Waals surface area contributed by atoms with Crippen LogP contribution in [0.1, 0.15) is 52.4 Å². The van der Waals surface area contributed by atoms with Crippen LogP contribution in [0.5, 0.6) is 0 Å². The SMILES string of the molecule is CC1CCCN(CC2(CS)CCCC2)C1C. The van der Waals surface area contributed by atoms with E-state index in [0.29, 0.717) is 5.41 Å². The molecule has 16 heavy (non-hydrogen) atoms. The molecule has 0 amide bonds. The van der Waals surface area contributed by atoms with E-state index in [1.165, 1.54) is 51.6 Å². The topological polar surface area (TPSA) is 3.24 Å². The van der Waals surface area contributed by atoms with E-state index in [9.17, 15) is 0 Å². The summed E-state index contributed by atoms with van der Waals surface area (Å²) < 4.78 is 0. The summed E-state index contributed by atoms with van der Waals surface area (Å²) in [5.74, 6) is 1.97. The van der Waals surface area contributed by atoms with Crippen molar-refractivity contribution in [2.75, 3.05) is 18.8 Å². The molecular weight excluding hydrogens is 214 g/mol. The molecule has 1 heterocycles. The van der Waals surface area contributed by atoms with E-state index in [4.69, 9.17) is 0 Å². The number of piperidine rings is 1. The van der Waals surface area contributed by atoms with E-state index in [0.717, 1.165) is 17.7 Å². The molecule has 2 unspecified atom stereocenters. The predicted octanol–water partition coefficient (Wildman–Crippen LogP) is 3.60. The van der Waals surface area contributed by atoms with Gasteiger partial charge in [0, 0.05) is 12.6 Å². The number of likely N-dealkylation sites (tertiary alicyclic amines) is 1. The zero-order valence-corrected chi connectivity index (χ0v) is 11.8. The van der Waals surface area contributed by atoms with Gasteiger partial charge in [-0.05, 0) is 56.2 Å². The van der Waals surface area contributed by atoms with E-state index in [1.807, 2.05) is 0 Å². The van der Waals surface area contributed by atoms with Gasteiger partial charge in [0.05, 0.1) is 0 Å². The summed E-state index contributed by atoms with van der Waals surface area (Å²) in [5.41, 5.74) is 0.550. The zero-order valence-electron chi connectivity index (χ0n) is 10.9. The molecule has 0 radical (unpaired) electrons. The van der Waals surface area contributed by atoms with Gasteiger partial charge in [0.2, 0.25) is 0 Å². The molecule has 0 spiro atoms. The van der Waals surface area contributed by atoms with Crippen LogP contribution in [0.2, 0.25) is 0 Å². The smallest absolute Gasteiger partial charge is 0.00928 e. The molecule has 0 aromatic heterocycles. The van der Waals surface area contributed by atoms with Crippen molar-refractivity contribution in [1.82, 2.24) is 4.90 Å². The number of thiol groups is 1. The monoisotopic (exact) mass is 241 g/mol. The van der Waals surface area contributed by atoms with E-state index < -0.39 is 0 Å². The fourth-order valence-corrected chi connectivity index (χ4v) is 3.98. The standard InChI is InChI=1S/C14H27NS/c1-12-6-5-9-15(13(12)2)10-14(11-16)7-3-4-8-14/h12-13,16H,3-11H2,1-2H3. The molecule has 0 aromatic carbocycles. The highest BCUT2D eigenvalue weighted by molar-refractivity contribution is 7.80. The van der Waals surface area contributed by atoms with Crippen LogP contribution in [-0.2, 0) is 0 Å². The lowest BCUT2D eigenvalue weighted by molar-refractivity contribution is 0.0699. The van der Waals surface area contributed by atoms with Crippen molar-refractivity contribution in [2.24, 2.45) is 11.3 Å². The third-order valence-electron chi connectivity index (χ3n) is 5.04. The highest BCUT2D eigenvalue weighted by Gasteiger charge is 2.36. The van der Waals surface area contributed by atoms with Gasteiger partial charge >= 0.3 is 0 Å². The highest BCUT2D eigenvalue weighted by atomic mass is 32.1. The molecule has 2 atom stereocenters. The summed E-state index contributed by atoms with van der Waals surface area (Å²) in [6, 6.07) is 0.783. The first-order valence-electron chi connectivity index (χ1n) is 7.02. The number of hydrogen-bond acceptors (Lipinski definition) is 2. The second-order valence-corrected chi connectivity index (χ2v) is 6.51. The Morgan fingerprint density at radius 1 is 1.19 bits per heavy atom. The van der Waals surface area contributed by atoms with Crippen LogP contribution in [0.4, 0.5) is 0 Å². The Hall–Kier alpha value is 0.310. The molecule has 2 fully saturated rings. The average Bonchev–Trinajstić information content (AvgIpc) is 2.74. The average molecular weight is 241 g/mol. The number of nitrogens with zero attached hydrogens (tertiary/aromatic N) is 1. The molecule has 0 N–H and O–H groups in total. The largest absolute Gasteiger partial charge is 0.300 e. The van der Waals surface area contributed by atoms with Crippen LogP contribution in [0.25, 0.3) is 0 Å². The maximum atomic E-state index is 4.63. The van der Waals surface area contributed by atoms with Gasteiger partial charge in [0.15, 0.2) is 0 Å². The Kier molecular flexibility index (Phi) is 4.23. The fraction of sp³-hybridized carbons (Fsp3) is 1.00. The first-order chi connectivity index (χ1) is 7.67. The first-order valence-corrected chi connectivity index (χ1v) is 7.65. The van der Waals surface area contributed by atoms with Gasteiger partial charge < -0.3 is 0 Å². The molecule has 1 nitrogen and oxygen atoms in total. The lowest BCUT2D eigenvalue weighted by atomic mass is 9.84. The van der Waals surface area contributed by atoms with Crippen LogP contribution < -0.4 is 0 Å². The quantitative estimate of drug-likeness (QED) is 0.739. The summed E-state index contributed by atoms with van der Waals surface area (Å²) >= 11 is 4.63. The number of hydrogen-bond donors (Lipinski definition) is 1. The van der Waals surface area contributed by atoms with Crippen LogP contribution in [0.15, 0.2) is 0 Å². The minimum absolute atomic E-state index is 0.550. The van der Waals surface area contributed by atoms with Crippen molar-refractivity contribution >= 4 is 12.6 Å². The van der Waals surface area contributed by atoms with Crippen LogP contribution in [0.3, 0.4) is 0 Å². The summed E-state index contributed by atoms with van der Waals surface area (Å²) in [4.78, 5) is 2.75. The fourth-order valence-electron chi connectivity index (χ4n) is 3.57.